The predicted octanol–water partition coefficient (Wildman–Crippen LogP) is 5.03. The van der Waals surface area contributed by atoms with Gasteiger partial charge in [-0.3, -0.25) is 4.79 Å². The van der Waals surface area contributed by atoms with E-state index in [1.165, 1.54) is 25.7 Å². The lowest BCUT2D eigenvalue weighted by Gasteiger charge is -2.02. The van der Waals surface area contributed by atoms with E-state index >= 15 is 0 Å². The summed E-state index contributed by atoms with van der Waals surface area (Å²) in [7, 11) is 0. The average Bonchev–Trinajstić information content (AvgIpc) is 2.81. The van der Waals surface area contributed by atoms with Crippen LogP contribution in [0.25, 0.3) is 11.1 Å². The Hall–Kier alpha value is -1.55. The molecule has 0 aliphatic heterocycles. The number of fused-ring (bicyclic) bond motifs is 1. The molecule has 0 radical (unpaired) electrons. The highest BCUT2D eigenvalue weighted by molar-refractivity contribution is 6.31. The first-order valence-electron chi connectivity index (χ1n) is 7.97. The first-order chi connectivity index (χ1) is 10.6. The number of hydrogen-bond acceptors (Lipinski definition) is 3. The zero-order valence-electron chi connectivity index (χ0n) is 12.9. The Balaban J connectivity index is 1.92. The van der Waals surface area contributed by atoms with Gasteiger partial charge >= 0.3 is 5.76 Å². The normalized spacial score (nSPS) is 11.2. The van der Waals surface area contributed by atoms with Gasteiger partial charge in [-0.05, 0) is 24.6 Å². The van der Waals surface area contributed by atoms with Crippen molar-refractivity contribution in [2.45, 2.75) is 58.3 Å². The summed E-state index contributed by atoms with van der Waals surface area (Å²) in [6.07, 6.45) is 8.29. The molecule has 0 aliphatic rings. The molecule has 0 fully saturated rings. The minimum atomic E-state index is -0.634. The third kappa shape index (κ3) is 4.23. The van der Waals surface area contributed by atoms with E-state index in [2.05, 4.69) is 6.92 Å². The molecule has 5 heteroatoms. The van der Waals surface area contributed by atoms with E-state index in [0.717, 1.165) is 23.8 Å². The Kier molecular flexibility index (Phi) is 6.25. The van der Waals surface area contributed by atoms with Crippen molar-refractivity contribution < 1.29 is 9.21 Å². The van der Waals surface area contributed by atoms with Gasteiger partial charge in [0.1, 0.15) is 0 Å². The summed E-state index contributed by atoms with van der Waals surface area (Å²) in [5, 5.41) is 0.478. The minimum absolute atomic E-state index is 0.223. The molecule has 4 nitrogen and oxygen atoms in total. The van der Waals surface area contributed by atoms with Gasteiger partial charge in [-0.2, -0.15) is 0 Å². The minimum Gasteiger partial charge on any atom is -0.407 e. The van der Waals surface area contributed by atoms with Crippen molar-refractivity contribution >= 4 is 28.6 Å². The number of halogens is 1. The molecule has 22 heavy (non-hydrogen) atoms. The Bertz CT molecular complexity index is 687. The topological polar surface area (TPSA) is 52.2 Å². The fourth-order valence-corrected chi connectivity index (χ4v) is 2.74. The van der Waals surface area contributed by atoms with Gasteiger partial charge in [-0.1, -0.05) is 57.0 Å². The predicted molar refractivity (Wildman–Crippen MR) is 88.7 cm³/mol. The number of oxazole rings is 1. The van der Waals surface area contributed by atoms with Crippen LogP contribution in [0.4, 0.5) is 0 Å². The van der Waals surface area contributed by atoms with Crippen molar-refractivity contribution in [1.29, 1.82) is 0 Å². The van der Waals surface area contributed by atoms with Crippen LogP contribution >= 0.6 is 11.6 Å². The molecule has 0 N–H and O–H groups in total. The highest BCUT2D eigenvalue weighted by Gasteiger charge is 2.15. The lowest BCUT2D eigenvalue weighted by Crippen LogP contribution is -2.22. The summed E-state index contributed by atoms with van der Waals surface area (Å²) in [4.78, 5) is 24.1. The van der Waals surface area contributed by atoms with Gasteiger partial charge in [0.2, 0.25) is 5.91 Å². The van der Waals surface area contributed by atoms with Gasteiger partial charge in [0.25, 0.3) is 0 Å². The number of aromatic nitrogens is 1. The largest absolute Gasteiger partial charge is 0.426 e. The zero-order valence-corrected chi connectivity index (χ0v) is 13.7. The molecule has 1 heterocycles. The second-order valence-electron chi connectivity index (χ2n) is 5.58. The van der Waals surface area contributed by atoms with Crippen LogP contribution in [0.1, 0.15) is 63.1 Å². The standard InChI is InChI=1S/C17H22ClNO3/c1-2-3-4-5-6-7-8-9-16(20)19-14-12-13(18)10-11-15(14)22-17(19)21/h10-12H,2-9H2,1H3. The summed E-state index contributed by atoms with van der Waals surface area (Å²) in [5.41, 5.74) is 0.841. The van der Waals surface area contributed by atoms with Gasteiger partial charge in [0.05, 0.1) is 5.52 Å². The molecule has 0 saturated carbocycles. The summed E-state index contributed by atoms with van der Waals surface area (Å²) in [6, 6.07) is 4.83. The first-order valence-corrected chi connectivity index (χ1v) is 8.35. The van der Waals surface area contributed by atoms with Crippen molar-refractivity contribution in [3.63, 3.8) is 0 Å². The number of rotatable bonds is 8. The Morgan fingerprint density at radius 2 is 1.82 bits per heavy atom. The number of hydrogen-bond donors (Lipinski definition) is 0. The smallest absolute Gasteiger partial charge is 0.407 e. The van der Waals surface area contributed by atoms with Crippen LogP contribution in [-0.2, 0) is 0 Å². The van der Waals surface area contributed by atoms with Crippen LogP contribution in [0.15, 0.2) is 27.4 Å². The van der Waals surface area contributed by atoms with Gasteiger partial charge in [0, 0.05) is 11.4 Å². The van der Waals surface area contributed by atoms with Crippen molar-refractivity contribution in [2.75, 3.05) is 0 Å². The van der Waals surface area contributed by atoms with E-state index < -0.39 is 5.76 Å². The van der Waals surface area contributed by atoms with Crippen LogP contribution in [0, 0.1) is 0 Å². The van der Waals surface area contributed by atoms with Crippen LogP contribution in [0.3, 0.4) is 0 Å². The van der Waals surface area contributed by atoms with Crippen LogP contribution in [0.2, 0.25) is 5.02 Å². The van der Waals surface area contributed by atoms with E-state index in [1.54, 1.807) is 18.2 Å². The molecule has 1 aromatic carbocycles. The summed E-state index contributed by atoms with van der Waals surface area (Å²) in [6.45, 7) is 2.19. The van der Waals surface area contributed by atoms with Crippen LogP contribution < -0.4 is 5.76 Å². The Morgan fingerprint density at radius 1 is 1.14 bits per heavy atom. The molecule has 2 aromatic rings. The highest BCUT2D eigenvalue weighted by atomic mass is 35.5. The molecule has 1 aromatic heterocycles. The molecule has 0 amide bonds. The molecule has 0 bridgehead atoms. The Labute approximate surface area is 135 Å². The average molecular weight is 324 g/mol. The first kappa shape index (κ1) is 16.8. The van der Waals surface area contributed by atoms with Gasteiger partial charge in [-0.15, -0.1) is 0 Å². The molecule has 0 saturated heterocycles. The monoisotopic (exact) mass is 323 g/mol. The summed E-state index contributed by atoms with van der Waals surface area (Å²) < 4.78 is 6.17. The van der Waals surface area contributed by atoms with E-state index in [1.807, 2.05) is 0 Å². The SMILES string of the molecule is CCCCCCCCCC(=O)n1c(=O)oc2ccc(Cl)cc21. The van der Waals surface area contributed by atoms with E-state index in [9.17, 15) is 9.59 Å². The van der Waals surface area contributed by atoms with Crippen LogP contribution in [0.5, 0.6) is 0 Å². The van der Waals surface area contributed by atoms with Crippen molar-refractivity contribution in [1.82, 2.24) is 4.57 Å². The fraction of sp³-hybridized carbons (Fsp3) is 0.529. The second kappa shape index (κ2) is 8.18. The lowest BCUT2D eigenvalue weighted by molar-refractivity contribution is 0.0895. The fourth-order valence-electron chi connectivity index (χ4n) is 2.57. The van der Waals surface area contributed by atoms with E-state index in [-0.39, 0.29) is 5.91 Å². The van der Waals surface area contributed by atoms with Crippen molar-refractivity contribution in [2.24, 2.45) is 0 Å². The third-order valence-corrected chi connectivity index (χ3v) is 4.02. The zero-order chi connectivity index (χ0) is 15.9. The maximum Gasteiger partial charge on any atom is 0.426 e. The van der Waals surface area contributed by atoms with Crippen LogP contribution in [-0.4, -0.2) is 10.5 Å². The van der Waals surface area contributed by atoms with E-state index in [0.29, 0.717) is 22.5 Å². The van der Waals surface area contributed by atoms with Gasteiger partial charge < -0.3 is 4.42 Å². The Morgan fingerprint density at radius 3 is 2.55 bits per heavy atom. The summed E-state index contributed by atoms with van der Waals surface area (Å²) in [5.74, 6) is -0.857. The maximum atomic E-state index is 12.2. The van der Waals surface area contributed by atoms with E-state index in [4.69, 9.17) is 16.0 Å². The number of carbonyl (C=O) groups is 1. The number of benzene rings is 1. The molecule has 0 atom stereocenters. The molecule has 0 spiro atoms. The highest BCUT2D eigenvalue weighted by Crippen LogP contribution is 2.19. The van der Waals surface area contributed by atoms with Gasteiger partial charge in [0.15, 0.2) is 5.58 Å². The quantitative estimate of drug-likeness (QED) is 0.640. The molecule has 120 valence electrons. The van der Waals surface area contributed by atoms with Crippen molar-refractivity contribution in [3.8, 4) is 0 Å². The molecular weight excluding hydrogens is 302 g/mol. The lowest BCUT2D eigenvalue weighted by atomic mass is 10.1. The molecule has 2 rings (SSSR count). The summed E-state index contributed by atoms with van der Waals surface area (Å²) >= 11 is 5.92. The maximum absolute atomic E-state index is 12.2. The molecular formula is C17H22ClNO3. The molecule has 0 unspecified atom stereocenters. The second-order valence-corrected chi connectivity index (χ2v) is 6.02. The number of nitrogens with zero attached hydrogens (tertiary/aromatic N) is 1. The number of unbranched alkanes of at least 4 members (excludes halogenated alkanes) is 6. The van der Waals surface area contributed by atoms with Gasteiger partial charge in [-0.25, -0.2) is 9.36 Å². The number of carbonyl (C=O) groups excluding carboxylic acids is 1. The third-order valence-electron chi connectivity index (χ3n) is 3.79. The van der Waals surface area contributed by atoms with Crippen molar-refractivity contribution in [3.05, 3.63) is 33.8 Å². The molecule has 0 aliphatic carbocycles.